The first-order valence-electron chi connectivity index (χ1n) is 33.2. The Morgan fingerprint density at radius 3 is 1.86 bits per heavy atom. The molecule has 103 heavy (non-hydrogen) atoms. The number of ether oxygens (including phenoxy) is 6. The fourth-order valence-corrected chi connectivity index (χ4v) is 14.7. The van der Waals surface area contributed by atoms with Crippen LogP contribution in [0.25, 0.3) is 33.3 Å². The summed E-state index contributed by atoms with van der Waals surface area (Å²) >= 11 is 0. The number of aliphatic hydroxyl groups excluding tert-OH is 1. The van der Waals surface area contributed by atoms with E-state index in [4.69, 9.17) is 52.2 Å². The van der Waals surface area contributed by atoms with Gasteiger partial charge >= 0.3 is 23.3 Å². The molecule has 4 aromatic heterocycles. The minimum Gasteiger partial charge on any atom is -0.756 e. The second kappa shape index (κ2) is 32.1. The Hall–Kier alpha value is -8.69. The molecule has 1 amide bonds. The molecule has 12 rings (SSSR count). The Balaban J connectivity index is 0.761. The first-order chi connectivity index (χ1) is 49.4. The van der Waals surface area contributed by atoms with Crippen LogP contribution in [-0.4, -0.2) is 182 Å². The summed E-state index contributed by atoms with van der Waals surface area (Å²) < 4.78 is 89.1. The van der Waals surface area contributed by atoms with Crippen LogP contribution in [0.4, 0.5) is 5.82 Å². The maximum absolute atomic E-state index is 14.1. The number of nitrogen functional groups attached to an aromatic ring is 1. The smallest absolute Gasteiger partial charge is 0.330 e. The number of aliphatic hydroxyl groups is 1. The van der Waals surface area contributed by atoms with Gasteiger partial charge < -0.3 is 81.9 Å². The Kier molecular flexibility index (Phi) is 23.1. The molecular formula is C67H76N12O22P2-2. The summed E-state index contributed by atoms with van der Waals surface area (Å²) in [4.78, 5) is 137. The molecule has 36 heteroatoms. The second-order valence-electron chi connectivity index (χ2n) is 25.4. The van der Waals surface area contributed by atoms with Gasteiger partial charge in [0.2, 0.25) is 5.91 Å². The van der Waals surface area contributed by atoms with E-state index in [2.05, 4.69) is 42.0 Å². The number of rotatable bonds is 26. The highest BCUT2D eigenvalue weighted by Gasteiger charge is 2.45. The van der Waals surface area contributed by atoms with Crippen LogP contribution in [0.15, 0.2) is 123 Å². The number of fused-ring (bicyclic) bond motifs is 1. The number of amides is 1. The van der Waals surface area contributed by atoms with Crippen LogP contribution in [0.3, 0.4) is 0 Å². The van der Waals surface area contributed by atoms with Gasteiger partial charge in [-0.25, -0.2) is 19.6 Å². The van der Waals surface area contributed by atoms with Crippen molar-refractivity contribution in [2.45, 2.75) is 120 Å². The molecule has 0 saturated carbocycles. The number of hydrogen-bond acceptors (Lipinski definition) is 28. The quantitative estimate of drug-likeness (QED) is 0.0295. The van der Waals surface area contributed by atoms with Gasteiger partial charge in [0.1, 0.15) is 60.4 Å². The summed E-state index contributed by atoms with van der Waals surface area (Å²) in [5.74, 6) is 4.35. The highest BCUT2D eigenvalue weighted by atomic mass is 31.2. The number of esters is 2. The molecule has 0 bridgehead atoms. The number of phosphoric acid groups is 2. The minimum absolute atomic E-state index is 0.0561. The molecule has 0 aliphatic carbocycles. The Morgan fingerprint density at radius 2 is 1.25 bits per heavy atom. The SMILES string of the molecule is CCC(=O)NCC#Cc1cn([C@H]2C[C@H](OP(=O)([O-])OC[C@H]3O[C@@H](n4cc(-c5ccc(C6OC(=O)CCN6CCN(C)C)cc5)c(=O)[nH]c4=O)C[C@@H]3OP(=O)([O-])OC[C@H]3O[C@@H](n4cc(-c5ccc(C6OC(=O)CCN6Cc6ccccc6)cc5)c5c(N)ncnc54)C[C@@H]3O)[C@@H](COC)O2)c(=O)[nH]c1=O. The zero-order valence-corrected chi connectivity index (χ0v) is 58.1. The van der Waals surface area contributed by atoms with Crippen molar-refractivity contribution >= 4 is 50.3 Å². The molecule has 4 unspecified atom stereocenters. The Labute approximate surface area is 587 Å². The van der Waals surface area contributed by atoms with Gasteiger partial charge in [0.25, 0.3) is 26.8 Å². The second-order valence-corrected chi connectivity index (χ2v) is 28.1. The summed E-state index contributed by atoms with van der Waals surface area (Å²) in [7, 11) is -5.99. The number of anilines is 1. The van der Waals surface area contributed by atoms with Crippen LogP contribution >= 0.6 is 15.6 Å². The van der Waals surface area contributed by atoms with Crippen LogP contribution in [-0.2, 0) is 76.6 Å². The van der Waals surface area contributed by atoms with Crippen LogP contribution in [0.2, 0.25) is 0 Å². The molecule has 34 nitrogen and oxygen atoms in total. The molecule has 13 atom stereocenters. The number of nitrogens with one attached hydrogen (secondary N) is 3. The molecule has 0 radical (unpaired) electrons. The van der Waals surface area contributed by atoms with Gasteiger partial charge in [-0.2, -0.15) is 0 Å². The summed E-state index contributed by atoms with van der Waals surface area (Å²) in [6.07, 6.45) is -8.89. The molecule has 5 fully saturated rings. The molecule has 548 valence electrons. The fourth-order valence-electron chi connectivity index (χ4n) is 12.8. The number of benzene rings is 3. The molecule has 0 spiro atoms. The number of nitrogens with two attached hydrogens (primary N) is 1. The van der Waals surface area contributed by atoms with Gasteiger partial charge in [0.15, 0.2) is 12.5 Å². The van der Waals surface area contributed by atoms with E-state index in [1.54, 1.807) is 42.0 Å². The van der Waals surface area contributed by atoms with Crippen LogP contribution < -0.4 is 43.3 Å². The number of aromatic amines is 2. The summed E-state index contributed by atoms with van der Waals surface area (Å²) in [6, 6.07) is 23.7. The normalized spacial score (nSPS) is 25.1. The molecule has 3 aromatic carbocycles. The van der Waals surface area contributed by atoms with Crippen molar-refractivity contribution in [3.05, 3.63) is 168 Å². The van der Waals surface area contributed by atoms with Gasteiger partial charge in [0, 0.05) is 101 Å². The number of nitrogens with zero attached hydrogens (tertiary/aromatic N) is 8. The van der Waals surface area contributed by atoms with E-state index in [9.17, 15) is 57.6 Å². The molecular weight excluding hydrogens is 1390 g/mol. The maximum Gasteiger partial charge on any atom is 0.330 e. The molecule has 6 N–H and O–H groups in total. The molecule has 7 aromatic rings. The molecule has 9 heterocycles. The Bertz CT molecular complexity index is 4660. The van der Waals surface area contributed by atoms with E-state index < -0.39 is 126 Å². The number of aromatic nitrogens is 7. The number of phosphoric ester groups is 2. The van der Waals surface area contributed by atoms with Gasteiger partial charge in [0.05, 0.1) is 68.5 Å². The van der Waals surface area contributed by atoms with Crippen molar-refractivity contribution < 1.29 is 84.9 Å². The largest absolute Gasteiger partial charge is 0.756 e. The summed E-state index contributed by atoms with van der Waals surface area (Å²) in [6.45, 7) is 2.15. The fraction of sp³-hybridized carbons (Fsp3) is 0.448. The molecule has 5 aliphatic heterocycles. The predicted molar refractivity (Wildman–Crippen MR) is 360 cm³/mol. The third-order valence-corrected chi connectivity index (χ3v) is 20.1. The number of likely N-dealkylation sites (N-methyl/N-ethyl adjacent to an activating group) is 1. The monoisotopic (exact) mass is 1460 g/mol. The van der Waals surface area contributed by atoms with E-state index in [0.29, 0.717) is 66.0 Å². The first-order valence-corrected chi connectivity index (χ1v) is 36.1. The molecule has 5 saturated heterocycles. The van der Waals surface area contributed by atoms with E-state index >= 15 is 0 Å². The minimum atomic E-state index is -5.58. The predicted octanol–water partition coefficient (Wildman–Crippen LogP) is 2.19. The van der Waals surface area contributed by atoms with E-state index in [1.165, 1.54) is 19.6 Å². The third kappa shape index (κ3) is 17.6. The van der Waals surface area contributed by atoms with Gasteiger partial charge in [-0.3, -0.25) is 62.0 Å². The van der Waals surface area contributed by atoms with Gasteiger partial charge in [-0.05, 0) is 30.8 Å². The standard InChI is InChI=1S/C67H78N12O22P2/c1-5-53(81)69-23-9-12-44-32-78(66(86)72-62(44)84)55-29-48(51(96-55)35-92-4)100-103(90,91)94-37-52-49(30-56(97-52)79-34-46(63(85)73-67(79)87)41-15-19-42(20-16-41)64-75(27-26-74(2)3)24-21-57(82)98-64)101-102(88,89)93-36-50-47(80)28-54(95-50)77-33-45(59-60(68)70-38-71-61(59)77)40-13-17-43(18-14-40)65-76(25-22-58(83)99-65)31-39-10-7-6-8-11-39/h6-8,10-11,13-20,32-34,38,47-52,54-56,64-65,80H,5,21-31,35-37H2,1-4H3,(H,69,81)(H,88,89)(H,90,91)(H2,68,70,71)(H,72,84,86)(H,73,85,87)/p-2/t47-,48-,49-,50+,51+,52+,54+,55+,56+,64?,65?/m0/s1. The van der Waals surface area contributed by atoms with E-state index in [1.807, 2.05) is 78.5 Å². The zero-order valence-electron chi connectivity index (χ0n) is 56.3. The van der Waals surface area contributed by atoms with Crippen molar-refractivity contribution in [2.75, 3.05) is 79.5 Å². The number of carbonyl (C=O) groups excluding carboxylic acids is 3. The average Bonchev–Trinajstić information content (AvgIpc) is 1.62. The van der Waals surface area contributed by atoms with E-state index in [0.717, 1.165) is 26.5 Å². The van der Waals surface area contributed by atoms with Crippen LogP contribution in [0, 0.1) is 11.8 Å². The first kappa shape index (κ1) is 74.0. The average molecular weight is 1460 g/mol. The van der Waals surface area contributed by atoms with Crippen molar-refractivity contribution in [1.29, 1.82) is 0 Å². The summed E-state index contributed by atoms with van der Waals surface area (Å²) in [5.41, 5.74) is 6.91. The lowest BCUT2D eigenvalue weighted by Gasteiger charge is -2.35. The lowest BCUT2D eigenvalue weighted by Crippen LogP contribution is -2.42. The van der Waals surface area contributed by atoms with Gasteiger partial charge in [-0.1, -0.05) is 97.6 Å². The highest BCUT2D eigenvalue weighted by molar-refractivity contribution is 7.46. The number of hydrogen-bond donors (Lipinski definition) is 5. The van der Waals surface area contributed by atoms with Crippen molar-refractivity contribution in [3.8, 4) is 34.1 Å². The Morgan fingerprint density at radius 1 is 0.709 bits per heavy atom. The zero-order chi connectivity index (χ0) is 72.9. The summed E-state index contributed by atoms with van der Waals surface area (Å²) in [5, 5.41) is 14.5. The lowest BCUT2D eigenvalue weighted by molar-refractivity contribution is -0.238. The number of cyclic esters (lactones) is 2. The molecule has 5 aliphatic rings. The maximum atomic E-state index is 14.1. The van der Waals surface area contributed by atoms with Crippen molar-refractivity contribution in [1.82, 2.24) is 53.7 Å². The van der Waals surface area contributed by atoms with Gasteiger partial charge in [-0.15, -0.1) is 0 Å². The van der Waals surface area contributed by atoms with Crippen LogP contribution in [0.1, 0.15) is 98.8 Å². The lowest BCUT2D eigenvalue weighted by atomic mass is 10.0. The van der Waals surface area contributed by atoms with Crippen molar-refractivity contribution in [2.24, 2.45) is 0 Å². The number of methoxy groups -OCH3 is 1. The number of H-pyrrole nitrogens is 2. The highest BCUT2D eigenvalue weighted by Crippen LogP contribution is 2.50. The topological polar surface area (TPSA) is 432 Å². The van der Waals surface area contributed by atoms with E-state index in [-0.39, 0.29) is 80.0 Å². The third-order valence-electron chi connectivity index (χ3n) is 18.1. The number of carbonyl (C=O) groups is 3. The van der Waals surface area contributed by atoms with Crippen molar-refractivity contribution in [3.63, 3.8) is 0 Å². The van der Waals surface area contributed by atoms with Crippen LogP contribution in [0.5, 0.6) is 0 Å².